The van der Waals surface area contributed by atoms with Crippen molar-refractivity contribution < 1.29 is 10.0 Å². The van der Waals surface area contributed by atoms with Crippen molar-refractivity contribution in [2.24, 2.45) is 10.9 Å². The Morgan fingerprint density at radius 3 is 2.50 bits per heavy atom. The van der Waals surface area contributed by atoms with E-state index < -0.39 is 0 Å². The Kier molecular flexibility index (Phi) is 7.35. The molecule has 0 fully saturated rings. The molecule has 0 saturated carbocycles. The van der Waals surface area contributed by atoms with Gasteiger partial charge in [-0.3, -0.25) is 4.79 Å². The number of nitrogens with two attached hydrogens (primary N) is 1. The first-order chi connectivity index (χ1) is 8.28. The fourth-order valence-corrected chi connectivity index (χ4v) is 1.52. The van der Waals surface area contributed by atoms with Crippen LogP contribution in [0.5, 0.6) is 0 Å². The van der Waals surface area contributed by atoms with Gasteiger partial charge in [-0.05, 0) is 27.2 Å². The molecular weight excluding hydrogens is 232 g/mol. The molecule has 0 aromatic carbocycles. The molecule has 0 aromatic rings. The Labute approximate surface area is 109 Å². The van der Waals surface area contributed by atoms with Crippen molar-refractivity contribution in [3.05, 3.63) is 0 Å². The van der Waals surface area contributed by atoms with E-state index in [1.807, 2.05) is 27.7 Å². The number of rotatable bonds is 7. The zero-order valence-electron chi connectivity index (χ0n) is 11.8. The maximum atomic E-state index is 11.6. The molecule has 0 aliphatic heterocycles. The summed E-state index contributed by atoms with van der Waals surface area (Å²) in [5, 5.41) is 17.5. The second-order valence-electron chi connectivity index (χ2n) is 5.40. The third-order valence-electron chi connectivity index (χ3n) is 2.38. The van der Waals surface area contributed by atoms with Gasteiger partial charge in [0.05, 0.1) is 0 Å². The van der Waals surface area contributed by atoms with Gasteiger partial charge in [0.2, 0.25) is 5.91 Å². The summed E-state index contributed by atoms with van der Waals surface area (Å²) in [5.41, 5.74) is 5.25. The highest BCUT2D eigenvalue weighted by atomic mass is 16.4. The molecule has 0 aliphatic rings. The summed E-state index contributed by atoms with van der Waals surface area (Å²) in [6.45, 7) is 8.44. The largest absolute Gasteiger partial charge is 0.409 e. The number of hydrogen-bond donors (Lipinski definition) is 4. The number of nitrogens with zero attached hydrogens (tertiary/aromatic N) is 1. The second kappa shape index (κ2) is 7.92. The van der Waals surface area contributed by atoms with Gasteiger partial charge in [0.1, 0.15) is 5.84 Å². The number of carbonyl (C=O) groups is 1. The van der Waals surface area contributed by atoms with Gasteiger partial charge in [0.15, 0.2) is 0 Å². The highest BCUT2D eigenvalue weighted by molar-refractivity contribution is 5.80. The molecule has 0 saturated heterocycles. The summed E-state index contributed by atoms with van der Waals surface area (Å²) >= 11 is 0. The van der Waals surface area contributed by atoms with E-state index in [2.05, 4.69) is 15.8 Å². The van der Waals surface area contributed by atoms with E-state index in [0.29, 0.717) is 19.4 Å². The Morgan fingerprint density at radius 1 is 1.44 bits per heavy atom. The Morgan fingerprint density at radius 2 is 2.06 bits per heavy atom. The van der Waals surface area contributed by atoms with Crippen LogP contribution >= 0.6 is 0 Å². The molecule has 1 amide bonds. The molecule has 5 N–H and O–H groups in total. The van der Waals surface area contributed by atoms with Crippen LogP contribution in [0.15, 0.2) is 5.16 Å². The second-order valence-corrected chi connectivity index (χ2v) is 5.40. The maximum Gasteiger partial charge on any atom is 0.221 e. The fourth-order valence-electron chi connectivity index (χ4n) is 1.52. The minimum absolute atomic E-state index is 0.0219. The zero-order valence-corrected chi connectivity index (χ0v) is 11.8. The Bertz CT molecular complexity index is 284. The lowest BCUT2D eigenvalue weighted by molar-refractivity contribution is -0.122. The number of amidine groups is 1. The molecule has 6 nitrogen and oxygen atoms in total. The van der Waals surface area contributed by atoms with E-state index in [4.69, 9.17) is 10.9 Å². The number of nitrogens with one attached hydrogen (secondary N) is 2. The lowest BCUT2D eigenvalue weighted by Gasteiger charge is -2.21. The number of carbonyl (C=O) groups excluding carboxylic acids is 1. The monoisotopic (exact) mass is 258 g/mol. The molecule has 1 atom stereocenters. The SMILES string of the molecule is CCC(CC(N)=NO)NCCC(=O)NC(C)(C)C. The molecule has 0 aliphatic carbocycles. The average Bonchev–Trinajstić information content (AvgIpc) is 2.24. The highest BCUT2D eigenvalue weighted by Gasteiger charge is 2.14. The van der Waals surface area contributed by atoms with E-state index in [9.17, 15) is 4.79 Å². The normalized spacial score (nSPS) is 14.3. The van der Waals surface area contributed by atoms with E-state index in [0.717, 1.165) is 6.42 Å². The van der Waals surface area contributed by atoms with E-state index >= 15 is 0 Å². The molecule has 106 valence electrons. The quantitative estimate of drug-likeness (QED) is 0.235. The molecule has 0 heterocycles. The summed E-state index contributed by atoms with van der Waals surface area (Å²) in [5.74, 6) is 0.224. The molecule has 6 heteroatoms. The summed E-state index contributed by atoms with van der Waals surface area (Å²) in [6, 6.07) is 0.128. The Hall–Kier alpha value is -1.30. The van der Waals surface area contributed by atoms with Crippen LogP contribution in [0.3, 0.4) is 0 Å². The van der Waals surface area contributed by atoms with Crippen molar-refractivity contribution in [1.29, 1.82) is 0 Å². The van der Waals surface area contributed by atoms with Crippen LogP contribution in [0.4, 0.5) is 0 Å². The molecular formula is C12H26N4O2. The summed E-state index contributed by atoms with van der Waals surface area (Å²) in [6.07, 6.45) is 1.76. The van der Waals surface area contributed by atoms with Gasteiger partial charge in [-0.2, -0.15) is 0 Å². The molecule has 0 rings (SSSR count). The zero-order chi connectivity index (χ0) is 14.2. The smallest absolute Gasteiger partial charge is 0.221 e. The fraction of sp³-hybridized carbons (Fsp3) is 0.833. The molecule has 1 unspecified atom stereocenters. The van der Waals surface area contributed by atoms with Crippen LogP contribution in [0.25, 0.3) is 0 Å². The molecule has 0 spiro atoms. The van der Waals surface area contributed by atoms with Crippen LogP contribution in [-0.4, -0.2) is 35.1 Å². The first-order valence-corrected chi connectivity index (χ1v) is 6.29. The lowest BCUT2D eigenvalue weighted by Crippen LogP contribution is -2.42. The third-order valence-corrected chi connectivity index (χ3v) is 2.38. The number of hydrogen-bond acceptors (Lipinski definition) is 4. The first-order valence-electron chi connectivity index (χ1n) is 6.29. The molecule has 0 aromatic heterocycles. The van der Waals surface area contributed by atoms with Gasteiger partial charge in [0.25, 0.3) is 0 Å². The molecule has 0 radical (unpaired) electrons. The van der Waals surface area contributed by atoms with E-state index in [1.165, 1.54) is 0 Å². The van der Waals surface area contributed by atoms with Crippen molar-refractivity contribution >= 4 is 11.7 Å². The van der Waals surface area contributed by atoms with Gasteiger partial charge in [-0.15, -0.1) is 0 Å². The third kappa shape index (κ3) is 8.81. The first kappa shape index (κ1) is 16.7. The summed E-state index contributed by atoms with van der Waals surface area (Å²) < 4.78 is 0. The Balaban J connectivity index is 3.91. The summed E-state index contributed by atoms with van der Waals surface area (Å²) in [7, 11) is 0. The minimum atomic E-state index is -0.199. The van der Waals surface area contributed by atoms with Gasteiger partial charge in [0, 0.05) is 31.0 Å². The van der Waals surface area contributed by atoms with E-state index in [-0.39, 0.29) is 23.3 Å². The highest BCUT2D eigenvalue weighted by Crippen LogP contribution is 2.00. The van der Waals surface area contributed by atoms with Gasteiger partial charge >= 0.3 is 0 Å². The number of amides is 1. The molecule has 18 heavy (non-hydrogen) atoms. The van der Waals surface area contributed by atoms with Crippen molar-refractivity contribution in [3.8, 4) is 0 Å². The van der Waals surface area contributed by atoms with Crippen molar-refractivity contribution in [1.82, 2.24) is 10.6 Å². The van der Waals surface area contributed by atoms with Crippen LogP contribution in [-0.2, 0) is 4.79 Å². The van der Waals surface area contributed by atoms with E-state index in [1.54, 1.807) is 0 Å². The molecule has 0 bridgehead atoms. The van der Waals surface area contributed by atoms with Crippen LogP contribution in [0, 0.1) is 0 Å². The predicted molar refractivity (Wildman–Crippen MR) is 72.6 cm³/mol. The topological polar surface area (TPSA) is 99.7 Å². The van der Waals surface area contributed by atoms with Gasteiger partial charge in [-0.1, -0.05) is 12.1 Å². The average molecular weight is 258 g/mol. The summed E-state index contributed by atoms with van der Waals surface area (Å²) in [4.78, 5) is 11.6. The van der Waals surface area contributed by atoms with Crippen LogP contribution < -0.4 is 16.4 Å². The van der Waals surface area contributed by atoms with Crippen LogP contribution in [0.2, 0.25) is 0 Å². The van der Waals surface area contributed by atoms with Gasteiger partial charge < -0.3 is 21.6 Å². The van der Waals surface area contributed by atoms with Crippen molar-refractivity contribution in [2.75, 3.05) is 6.54 Å². The van der Waals surface area contributed by atoms with Crippen molar-refractivity contribution in [2.45, 2.75) is 58.5 Å². The lowest BCUT2D eigenvalue weighted by atomic mass is 10.1. The minimum Gasteiger partial charge on any atom is -0.409 e. The maximum absolute atomic E-state index is 11.6. The predicted octanol–water partition coefficient (Wildman–Crippen LogP) is 0.796. The van der Waals surface area contributed by atoms with Crippen molar-refractivity contribution in [3.63, 3.8) is 0 Å². The van der Waals surface area contributed by atoms with Gasteiger partial charge in [-0.25, -0.2) is 0 Å². The number of oxime groups is 1. The standard InChI is InChI=1S/C12H26N4O2/c1-5-9(8-10(13)16-18)14-7-6-11(17)15-12(2,3)4/h9,14,18H,5-8H2,1-4H3,(H2,13,16)(H,15,17). The van der Waals surface area contributed by atoms with Crippen LogP contribution in [0.1, 0.15) is 47.0 Å².